The van der Waals surface area contributed by atoms with Gasteiger partial charge in [-0.05, 0) is 12.3 Å². The van der Waals surface area contributed by atoms with Crippen LogP contribution in [-0.4, -0.2) is 15.5 Å². The van der Waals surface area contributed by atoms with Gasteiger partial charge < -0.3 is 4.57 Å². The first-order valence-corrected chi connectivity index (χ1v) is 3.96. The predicted molar refractivity (Wildman–Crippen MR) is 50.0 cm³/mol. The Morgan fingerprint density at radius 3 is 3.08 bits per heavy atom. The second kappa shape index (κ2) is 3.76. The fourth-order valence-corrected chi connectivity index (χ4v) is 1.04. The molecular weight excluding hydrogens is 166 g/mol. The zero-order valence-electron chi connectivity index (χ0n) is 7.66. The van der Waals surface area contributed by atoms with Gasteiger partial charge in [0.05, 0.1) is 12.0 Å². The first kappa shape index (κ1) is 9.33. The molecule has 0 bridgehead atoms. The molecule has 0 aliphatic heterocycles. The van der Waals surface area contributed by atoms with Crippen LogP contribution in [0.5, 0.6) is 0 Å². The van der Waals surface area contributed by atoms with Crippen molar-refractivity contribution in [3.63, 3.8) is 0 Å². The SMILES string of the molecule is C#CC(=O)Nc1c(CC)ncn1C. The smallest absolute Gasteiger partial charge is 0.301 e. The van der Waals surface area contributed by atoms with Crippen LogP contribution in [0.4, 0.5) is 5.82 Å². The number of imidazole rings is 1. The van der Waals surface area contributed by atoms with E-state index in [2.05, 4.69) is 10.3 Å². The van der Waals surface area contributed by atoms with Crippen LogP contribution in [0.1, 0.15) is 12.6 Å². The third kappa shape index (κ3) is 1.88. The van der Waals surface area contributed by atoms with Crippen LogP contribution in [0.25, 0.3) is 0 Å². The highest BCUT2D eigenvalue weighted by Crippen LogP contribution is 2.12. The van der Waals surface area contributed by atoms with E-state index in [0.717, 1.165) is 12.1 Å². The van der Waals surface area contributed by atoms with E-state index in [-0.39, 0.29) is 0 Å². The number of nitrogens with zero attached hydrogens (tertiary/aromatic N) is 2. The number of amides is 1. The second-order valence-electron chi connectivity index (χ2n) is 2.60. The van der Waals surface area contributed by atoms with Crippen molar-refractivity contribution in [1.29, 1.82) is 0 Å². The highest BCUT2D eigenvalue weighted by molar-refractivity contribution is 6.03. The number of aromatic nitrogens is 2. The van der Waals surface area contributed by atoms with Crippen molar-refractivity contribution in [2.75, 3.05) is 5.32 Å². The minimum Gasteiger partial charge on any atom is -0.320 e. The summed E-state index contributed by atoms with van der Waals surface area (Å²) in [5.41, 5.74) is 0.839. The number of aryl methyl sites for hydroxylation is 2. The van der Waals surface area contributed by atoms with Gasteiger partial charge in [0.2, 0.25) is 0 Å². The van der Waals surface area contributed by atoms with Crippen molar-refractivity contribution in [3.8, 4) is 12.3 Å². The number of carbonyl (C=O) groups is 1. The number of hydrogen-bond acceptors (Lipinski definition) is 2. The Morgan fingerprint density at radius 1 is 1.85 bits per heavy atom. The lowest BCUT2D eigenvalue weighted by molar-refractivity contribution is -0.111. The molecular formula is C9H11N3O. The number of rotatable bonds is 2. The summed E-state index contributed by atoms with van der Waals surface area (Å²) in [6, 6.07) is 0. The van der Waals surface area contributed by atoms with Crippen LogP contribution in [-0.2, 0) is 18.3 Å². The normalized spacial score (nSPS) is 9.31. The van der Waals surface area contributed by atoms with Crippen LogP contribution in [0, 0.1) is 12.3 Å². The Hall–Kier alpha value is -1.76. The molecule has 0 aliphatic carbocycles. The monoisotopic (exact) mass is 177 g/mol. The third-order valence-electron chi connectivity index (χ3n) is 1.71. The Morgan fingerprint density at radius 2 is 2.54 bits per heavy atom. The Balaban J connectivity index is 2.93. The molecule has 1 heterocycles. The first-order chi connectivity index (χ1) is 6.19. The summed E-state index contributed by atoms with van der Waals surface area (Å²) in [7, 11) is 1.80. The fraction of sp³-hybridized carbons (Fsp3) is 0.333. The quantitative estimate of drug-likeness (QED) is 0.671. The van der Waals surface area contributed by atoms with Gasteiger partial charge in [0.1, 0.15) is 5.82 Å². The van der Waals surface area contributed by atoms with Crippen molar-refractivity contribution in [3.05, 3.63) is 12.0 Å². The minimum atomic E-state index is -0.446. The summed E-state index contributed by atoms with van der Waals surface area (Å²) in [4.78, 5) is 15.0. The fourth-order valence-electron chi connectivity index (χ4n) is 1.04. The number of hydrogen-bond donors (Lipinski definition) is 1. The van der Waals surface area contributed by atoms with Gasteiger partial charge in [0.25, 0.3) is 0 Å². The molecule has 0 atom stereocenters. The van der Waals surface area contributed by atoms with E-state index in [1.807, 2.05) is 12.8 Å². The average Bonchev–Trinajstić information content (AvgIpc) is 2.48. The number of carbonyl (C=O) groups excluding carboxylic acids is 1. The van der Waals surface area contributed by atoms with Crippen molar-refractivity contribution >= 4 is 11.7 Å². The summed E-state index contributed by atoms with van der Waals surface area (Å²) in [5, 5.41) is 2.58. The highest BCUT2D eigenvalue weighted by Gasteiger charge is 2.08. The number of nitrogens with one attached hydrogen (secondary N) is 1. The molecule has 4 heteroatoms. The summed E-state index contributed by atoms with van der Waals surface area (Å²) < 4.78 is 1.73. The molecule has 0 aromatic carbocycles. The third-order valence-corrected chi connectivity index (χ3v) is 1.71. The lowest BCUT2D eigenvalue weighted by Gasteiger charge is -2.03. The number of terminal acetylenes is 1. The molecule has 0 radical (unpaired) electrons. The van der Waals surface area contributed by atoms with Crippen molar-refractivity contribution in [2.45, 2.75) is 13.3 Å². The van der Waals surface area contributed by atoms with Gasteiger partial charge in [0, 0.05) is 7.05 Å². The van der Waals surface area contributed by atoms with Gasteiger partial charge in [0.15, 0.2) is 0 Å². The van der Waals surface area contributed by atoms with Crippen LogP contribution < -0.4 is 5.32 Å². The van der Waals surface area contributed by atoms with Gasteiger partial charge in [-0.25, -0.2) is 4.98 Å². The maximum Gasteiger partial charge on any atom is 0.301 e. The standard InChI is InChI=1S/C9H11N3O/c1-4-7-9(11-8(13)5-2)12(3)6-10-7/h2,6H,4H2,1,3H3,(H,11,13). The Labute approximate surface area is 77.0 Å². The molecule has 13 heavy (non-hydrogen) atoms. The van der Waals surface area contributed by atoms with Gasteiger partial charge >= 0.3 is 5.91 Å². The van der Waals surface area contributed by atoms with E-state index in [1.54, 1.807) is 17.9 Å². The average molecular weight is 177 g/mol. The van der Waals surface area contributed by atoms with Crippen LogP contribution in [0.3, 0.4) is 0 Å². The zero-order chi connectivity index (χ0) is 9.84. The molecule has 1 aromatic rings. The van der Waals surface area contributed by atoms with E-state index < -0.39 is 5.91 Å². The summed E-state index contributed by atoms with van der Waals surface area (Å²) in [5.74, 6) is 2.22. The molecule has 0 unspecified atom stereocenters. The number of anilines is 1. The van der Waals surface area contributed by atoms with Gasteiger partial charge in [-0.3, -0.25) is 10.1 Å². The Kier molecular flexibility index (Phi) is 2.70. The van der Waals surface area contributed by atoms with Crippen LogP contribution in [0.15, 0.2) is 6.33 Å². The van der Waals surface area contributed by atoms with Gasteiger partial charge in [-0.15, -0.1) is 6.42 Å². The summed E-state index contributed by atoms with van der Waals surface area (Å²) in [6.07, 6.45) is 7.35. The molecule has 1 N–H and O–H groups in total. The Bertz CT molecular complexity index is 359. The highest BCUT2D eigenvalue weighted by atomic mass is 16.1. The topological polar surface area (TPSA) is 46.9 Å². The van der Waals surface area contributed by atoms with E-state index >= 15 is 0 Å². The van der Waals surface area contributed by atoms with E-state index in [0.29, 0.717) is 5.82 Å². The lowest BCUT2D eigenvalue weighted by atomic mass is 10.3. The molecule has 4 nitrogen and oxygen atoms in total. The van der Waals surface area contributed by atoms with Gasteiger partial charge in [-0.1, -0.05) is 6.92 Å². The van der Waals surface area contributed by atoms with E-state index in [1.165, 1.54) is 0 Å². The maximum absolute atomic E-state index is 10.9. The van der Waals surface area contributed by atoms with E-state index in [4.69, 9.17) is 6.42 Å². The molecule has 68 valence electrons. The molecule has 1 aromatic heterocycles. The summed E-state index contributed by atoms with van der Waals surface area (Å²) in [6.45, 7) is 1.97. The zero-order valence-corrected chi connectivity index (χ0v) is 7.66. The molecule has 0 spiro atoms. The van der Waals surface area contributed by atoms with Crippen molar-refractivity contribution in [2.24, 2.45) is 7.05 Å². The molecule has 0 aliphatic rings. The molecule has 0 saturated heterocycles. The molecule has 1 rings (SSSR count). The lowest BCUT2D eigenvalue weighted by Crippen LogP contribution is -2.12. The van der Waals surface area contributed by atoms with Crippen molar-refractivity contribution < 1.29 is 4.79 Å². The second-order valence-corrected chi connectivity index (χ2v) is 2.60. The predicted octanol–water partition coefficient (Wildman–Crippen LogP) is 0.554. The van der Waals surface area contributed by atoms with Crippen LogP contribution in [0.2, 0.25) is 0 Å². The molecule has 0 saturated carbocycles. The minimum absolute atomic E-state index is 0.446. The van der Waals surface area contributed by atoms with Crippen molar-refractivity contribution in [1.82, 2.24) is 9.55 Å². The first-order valence-electron chi connectivity index (χ1n) is 3.96. The van der Waals surface area contributed by atoms with Crippen LogP contribution >= 0.6 is 0 Å². The summed E-state index contributed by atoms with van der Waals surface area (Å²) >= 11 is 0. The maximum atomic E-state index is 10.9. The largest absolute Gasteiger partial charge is 0.320 e. The van der Waals surface area contributed by atoms with Gasteiger partial charge in [-0.2, -0.15) is 0 Å². The molecule has 1 amide bonds. The van der Waals surface area contributed by atoms with E-state index in [9.17, 15) is 4.79 Å². The molecule has 0 fully saturated rings.